The van der Waals surface area contributed by atoms with Gasteiger partial charge < -0.3 is 4.57 Å². The molecule has 6 nitrogen and oxygen atoms in total. The van der Waals surface area contributed by atoms with Crippen LogP contribution in [0.5, 0.6) is 0 Å². The van der Waals surface area contributed by atoms with Gasteiger partial charge in [-0.15, -0.1) is 0 Å². The molecule has 0 atom stereocenters. The van der Waals surface area contributed by atoms with Gasteiger partial charge in [-0.2, -0.15) is 0 Å². The van der Waals surface area contributed by atoms with Crippen LogP contribution in [0.15, 0.2) is 58.6 Å². The summed E-state index contributed by atoms with van der Waals surface area (Å²) < 4.78 is 3.69. The minimum atomic E-state index is -0.190. The monoisotopic (exact) mass is 446 g/mol. The predicted molar refractivity (Wildman–Crippen MR) is 129 cm³/mol. The third kappa shape index (κ3) is 4.12. The van der Waals surface area contributed by atoms with Gasteiger partial charge in [-0.05, 0) is 63.1 Å². The number of para-hydroxylation sites is 1. The normalized spacial score (nSPS) is 11.2. The van der Waals surface area contributed by atoms with Crippen molar-refractivity contribution in [1.29, 1.82) is 0 Å². The van der Waals surface area contributed by atoms with Crippen molar-refractivity contribution >= 4 is 28.4 Å². The number of fused-ring (bicyclic) bond motifs is 1. The van der Waals surface area contributed by atoms with Crippen LogP contribution in [0, 0.1) is 20.8 Å². The Labute approximate surface area is 191 Å². The first kappa shape index (κ1) is 22.0. The van der Waals surface area contributed by atoms with Crippen LogP contribution in [0.25, 0.3) is 16.7 Å². The number of ketones is 1. The lowest BCUT2D eigenvalue weighted by Crippen LogP contribution is -2.23. The lowest BCUT2D eigenvalue weighted by Gasteiger charge is -2.13. The third-order valence-corrected chi connectivity index (χ3v) is 6.47. The quantitative estimate of drug-likeness (QED) is 0.230. The second-order valence-corrected chi connectivity index (χ2v) is 8.83. The fourth-order valence-electron chi connectivity index (χ4n) is 3.91. The highest BCUT2D eigenvalue weighted by molar-refractivity contribution is 7.99. The average Bonchev–Trinajstić information content (AvgIpc) is 3.06. The molecule has 0 unspecified atom stereocenters. The minimum Gasteiger partial charge on any atom is -0.348 e. The topological polar surface area (TPSA) is 69.8 Å². The van der Waals surface area contributed by atoms with Gasteiger partial charge in [-0.1, -0.05) is 30.8 Å². The minimum absolute atomic E-state index is 0.0246. The Morgan fingerprint density at radius 3 is 2.62 bits per heavy atom. The Morgan fingerprint density at radius 1 is 1.09 bits per heavy atom. The van der Waals surface area contributed by atoms with Crippen molar-refractivity contribution < 1.29 is 4.79 Å². The molecule has 4 aromatic rings. The first-order valence-electron chi connectivity index (χ1n) is 10.7. The van der Waals surface area contributed by atoms with Gasteiger partial charge >= 0.3 is 0 Å². The van der Waals surface area contributed by atoms with E-state index in [9.17, 15) is 9.59 Å². The number of benzene rings is 1. The molecule has 0 saturated carbocycles. The number of hydrogen-bond donors (Lipinski definition) is 0. The molecule has 3 heterocycles. The second kappa shape index (κ2) is 9.12. The van der Waals surface area contributed by atoms with Gasteiger partial charge in [-0.3, -0.25) is 9.59 Å². The zero-order chi connectivity index (χ0) is 22.8. The number of rotatable bonds is 7. The van der Waals surface area contributed by atoms with Gasteiger partial charge in [-0.25, -0.2) is 14.5 Å². The molecule has 0 amide bonds. The van der Waals surface area contributed by atoms with Crippen LogP contribution in [0.4, 0.5) is 0 Å². The van der Waals surface area contributed by atoms with Gasteiger partial charge in [0.05, 0.1) is 16.7 Å². The molecule has 0 N–H and O–H groups in total. The molecule has 0 fully saturated rings. The lowest BCUT2D eigenvalue weighted by molar-refractivity contribution is 0.102. The van der Waals surface area contributed by atoms with Gasteiger partial charge in [0.15, 0.2) is 10.9 Å². The standard InChI is InChI=1S/C25H26N4O2S/c1-5-12-28-17(3)14-20(18(28)4)22(30)15-32-25-27-21-9-7-6-8-19(21)24(31)29(25)23-13-16(2)10-11-26-23/h6-11,13-14H,5,12,15H2,1-4H3. The number of aromatic nitrogens is 4. The predicted octanol–water partition coefficient (Wildman–Crippen LogP) is 4.89. The summed E-state index contributed by atoms with van der Waals surface area (Å²) in [6.07, 6.45) is 2.68. The molecule has 0 bridgehead atoms. The zero-order valence-corrected chi connectivity index (χ0v) is 19.6. The third-order valence-electron chi connectivity index (χ3n) is 5.53. The number of hydrogen-bond acceptors (Lipinski definition) is 5. The molecule has 7 heteroatoms. The molecule has 0 aliphatic rings. The fourth-order valence-corrected chi connectivity index (χ4v) is 4.80. The summed E-state index contributed by atoms with van der Waals surface area (Å²) in [5.41, 5.74) is 4.21. The van der Waals surface area contributed by atoms with Crippen molar-refractivity contribution in [3.05, 3.63) is 81.5 Å². The number of aryl methyl sites for hydroxylation is 2. The molecule has 0 saturated heterocycles. The van der Waals surface area contributed by atoms with Crippen LogP contribution in [-0.4, -0.2) is 30.6 Å². The van der Waals surface area contributed by atoms with Crippen molar-refractivity contribution in [1.82, 2.24) is 19.1 Å². The molecule has 164 valence electrons. The summed E-state index contributed by atoms with van der Waals surface area (Å²) in [5, 5.41) is 0.983. The van der Waals surface area contributed by atoms with E-state index in [1.807, 2.05) is 57.2 Å². The molecule has 4 rings (SSSR count). The summed E-state index contributed by atoms with van der Waals surface area (Å²) in [5.74, 6) is 0.716. The second-order valence-electron chi connectivity index (χ2n) is 7.89. The molecule has 1 aromatic carbocycles. The number of carbonyl (C=O) groups excluding carboxylic acids is 1. The lowest BCUT2D eigenvalue weighted by atomic mass is 10.2. The molecule has 3 aromatic heterocycles. The number of thioether (sulfide) groups is 1. The number of carbonyl (C=O) groups is 1. The maximum absolute atomic E-state index is 13.3. The summed E-state index contributed by atoms with van der Waals surface area (Å²) in [6.45, 7) is 8.98. The number of pyridine rings is 1. The molecule has 0 aliphatic heterocycles. The Balaban J connectivity index is 1.73. The Hall–Kier alpha value is -3.19. The van der Waals surface area contributed by atoms with Crippen molar-refractivity contribution in [2.24, 2.45) is 0 Å². The van der Waals surface area contributed by atoms with E-state index in [-0.39, 0.29) is 17.1 Å². The number of Topliss-reactive ketones (excluding diaryl/α,β-unsaturated/α-hetero) is 1. The molecular weight excluding hydrogens is 420 g/mol. The molecule has 32 heavy (non-hydrogen) atoms. The first-order chi connectivity index (χ1) is 15.4. The van der Waals surface area contributed by atoms with E-state index in [4.69, 9.17) is 4.98 Å². The van der Waals surface area contributed by atoms with Crippen molar-refractivity contribution in [2.75, 3.05) is 5.75 Å². The zero-order valence-electron chi connectivity index (χ0n) is 18.8. The summed E-state index contributed by atoms with van der Waals surface area (Å²) >= 11 is 1.27. The molecule has 0 spiro atoms. The van der Waals surface area contributed by atoms with Crippen molar-refractivity contribution in [2.45, 2.75) is 45.8 Å². The van der Waals surface area contributed by atoms with Gasteiger partial charge in [0.2, 0.25) is 0 Å². The maximum atomic E-state index is 13.3. The van der Waals surface area contributed by atoms with Crippen LogP contribution >= 0.6 is 11.8 Å². The van der Waals surface area contributed by atoms with Crippen molar-refractivity contribution in [3.63, 3.8) is 0 Å². The molecule has 0 aliphatic carbocycles. The van der Waals surface area contributed by atoms with E-state index in [1.54, 1.807) is 12.3 Å². The van der Waals surface area contributed by atoms with Crippen LogP contribution in [0.1, 0.15) is 40.7 Å². The Kier molecular flexibility index (Phi) is 6.28. The smallest absolute Gasteiger partial charge is 0.267 e. The highest BCUT2D eigenvalue weighted by Gasteiger charge is 2.19. The SMILES string of the molecule is CCCn1c(C)cc(C(=O)CSc2nc3ccccc3c(=O)n2-c2cc(C)ccn2)c1C. The van der Waals surface area contributed by atoms with Crippen molar-refractivity contribution in [3.8, 4) is 5.82 Å². The Morgan fingerprint density at radius 2 is 1.88 bits per heavy atom. The Bertz CT molecular complexity index is 1370. The summed E-state index contributed by atoms with van der Waals surface area (Å²) in [6, 6.07) is 12.9. The summed E-state index contributed by atoms with van der Waals surface area (Å²) in [4.78, 5) is 35.5. The van der Waals surface area contributed by atoms with Gasteiger partial charge in [0.25, 0.3) is 5.56 Å². The van der Waals surface area contributed by atoms with E-state index >= 15 is 0 Å². The van der Waals surface area contributed by atoms with Gasteiger partial charge in [0.1, 0.15) is 5.82 Å². The molecular formula is C25H26N4O2S. The van der Waals surface area contributed by atoms with E-state index in [0.29, 0.717) is 21.9 Å². The maximum Gasteiger partial charge on any atom is 0.267 e. The van der Waals surface area contributed by atoms with E-state index in [0.717, 1.165) is 35.5 Å². The number of nitrogens with zero attached hydrogens (tertiary/aromatic N) is 4. The average molecular weight is 447 g/mol. The highest BCUT2D eigenvalue weighted by atomic mass is 32.2. The highest BCUT2D eigenvalue weighted by Crippen LogP contribution is 2.24. The van der Waals surface area contributed by atoms with E-state index in [2.05, 4.69) is 16.5 Å². The van der Waals surface area contributed by atoms with Crippen LogP contribution < -0.4 is 5.56 Å². The summed E-state index contributed by atoms with van der Waals surface area (Å²) in [7, 11) is 0. The fraction of sp³-hybridized carbons (Fsp3) is 0.280. The molecule has 0 radical (unpaired) electrons. The van der Waals surface area contributed by atoms with E-state index in [1.165, 1.54) is 16.3 Å². The van der Waals surface area contributed by atoms with Crippen LogP contribution in [0.2, 0.25) is 0 Å². The van der Waals surface area contributed by atoms with Crippen LogP contribution in [0.3, 0.4) is 0 Å². The van der Waals surface area contributed by atoms with Gasteiger partial charge in [0, 0.05) is 29.7 Å². The largest absolute Gasteiger partial charge is 0.348 e. The first-order valence-corrected chi connectivity index (χ1v) is 11.7. The van der Waals surface area contributed by atoms with Crippen LogP contribution in [-0.2, 0) is 6.54 Å². The van der Waals surface area contributed by atoms with E-state index < -0.39 is 0 Å².